The molecule has 2 fully saturated rings. The molecule has 0 saturated heterocycles. The van der Waals surface area contributed by atoms with Crippen molar-refractivity contribution in [2.24, 2.45) is 5.41 Å². The van der Waals surface area contributed by atoms with E-state index in [1.165, 1.54) is 32.1 Å². The molecular formula is C11H15N3. The molecule has 1 aromatic rings. The van der Waals surface area contributed by atoms with Gasteiger partial charge in [0.25, 0.3) is 0 Å². The smallest absolute Gasteiger partial charge is 0.222 e. The van der Waals surface area contributed by atoms with Gasteiger partial charge in [-0.3, -0.25) is 0 Å². The van der Waals surface area contributed by atoms with Gasteiger partial charge < -0.3 is 5.32 Å². The van der Waals surface area contributed by atoms with E-state index in [-0.39, 0.29) is 0 Å². The van der Waals surface area contributed by atoms with Gasteiger partial charge in [0, 0.05) is 18.4 Å². The summed E-state index contributed by atoms with van der Waals surface area (Å²) in [4.78, 5) is 8.34. The summed E-state index contributed by atoms with van der Waals surface area (Å²) in [6.45, 7) is 0. The van der Waals surface area contributed by atoms with E-state index in [4.69, 9.17) is 0 Å². The van der Waals surface area contributed by atoms with Crippen molar-refractivity contribution >= 4 is 5.95 Å². The summed E-state index contributed by atoms with van der Waals surface area (Å²) in [5, 5.41) is 3.38. The van der Waals surface area contributed by atoms with Crippen LogP contribution in [0.4, 0.5) is 5.95 Å². The van der Waals surface area contributed by atoms with E-state index in [0.29, 0.717) is 6.04 Å². The third-order valence-corrected chi connectivity index (χ3v) is 3.67. The quantitative estimate of drug-likeness (QED) is 0.775. The summed E-state index contributed by atoms with van der Waals surface area (Å²) >= 11 is 0. The Morgan fingerprint density at radius 3 is 2.50 bits per heavy atom. The normalized spacial score (nSPS) is 24.0. The second kappa shape index (κ2) is 2.94. The summed E-state index contributed by atoms with van der Waals surface area (Å²) in [6.07, 6.45) is 10.5. The van der Waals surface area contributed by atoms with E-state index in [2.05, 4.69) is 15.3 Å². The molecule has 2 aliphatic rings. The molecule has 0 amide bonds. The molecule has 0 aliphatic heterocycles. The number of nitrogens with one attached hydrogen (secondary N) is 1. The lowest BCUT2D eigenvalue weighted by Crippen LogP contribution is -2.49. The molecule has 1 spiro atoms. The van der Waals surface area contributed by atoms with E-state index in [1.807, 2.05) is 6.07 Å². The Morgan fingerprint density at radius 1 is 1.21 bits per heavy atom. The maximum atomic E-state index is 4.17. The summed E-state index contributed by atoms with van der Waals surface area (Å²) in [6, 6.07) is 2.47. The first-order chi connectivity index (χ1) is 6.86. The van der Waals surface area contributed by atoms with Crippen LogP contribution in [0.2, 0.25) is 0 Å². The van der Waals surface area contributed by atoms with Gasteiger partial charge >= 0.3 is 0 Å². The molecule has 2 aliphatic carbocycles. The molecule has 0 atom stereocenters. The van der Waals surface area contributed by atoms with Gasteiger partial charge in [-0.15, -0.1) is 0 Å². The van der Waals surface area contributed by atoms with Crippen LogP contribution in [0.15, 0.2) is 18.5 Å². The van der Waals surface area contributed by atoms with E-state index in [0.717, 1.165) is 11.4 Å². The van der Waals surface area contributed by atoms with Crippen LogP contribution in [-0.4, -0.2) is 16.0 Å². The first-order valence-electron chi connectivity index (χ1n) is 5.40. The maximum absolute atomic E-state index is 4.17. The van der Waals surface area contributed by atoms with Gasteiger partial charge in [-0.25, -0.2) is 9.97 Å². The predicted molar refractivity (Wildman–Crippen MR) is 55.0 cm³/mol. The molecule has 0 bridgehead atoms. The van der Waals surface area contributed by atoms with Crippen molar-refractivity contribution in [3.63, 3.8) is 0 Å². The standard InChI is InChI=1S/C11H15N3/c1-3-11(4-1)7-9(8-11)14-10-12-5-2-6-13-10/h2,5-6,9H,1,3-4,7-8H2,(H,12,13,14). The Hall–Kier alpha value is -1.12. The highest BCUT2D eigenvalue weighted by molar-refractivity contribution is 5.27. The predicted octanol–water partition coefficient (Wildman–Crippen LogP) is 2.22. The molecule has 2 saturated carbocycles. The molecule has 3 nitrogen and oxygen atoms in total. The fourth-order valence-electron chi connectivity index (χ4n) is 2.73. The minimum atomic E-state index is 0.623. The summed E-state index contributed by atoms with van der Waals surface area (Å²) in [5.41, 5.74) is 0.729. The average Bonchev–Trinajstić information content (AvgIpc) is 2.09. The van der Waals surface area contributed by atoms with Crippen LogP contribution < -0.4 is 5.32 Å². The molecule has 14 heavy (non-hydrogen) atoms. The van der Waals surface area contributed by atoms with Crippen molar-refractivity contribution in [1.29, 1.82) is 0 Å². The van der Waals surface area contributed by atoms with Crippen LogP contribution in [-0.2, 0) is 0 Å². The van der Waals surface area contributed by atoms with Gasteiger partial charge in [-0.1, -0.05) is 6.42 Å². The average molecular weight is 189 g/mol. The minimum absolute atomic E-state index is 0.623. The van der Waals surface area contributed by atoms with Gasteiger partial charge in [-0.05, 0) is 37.2 Å². The van der Waals surface area contributed by atoms with E-state index in [9.17, 15) is 0 Å². The number of hydrogen-bond donors (Lipinski definition) is 1. The minimum Gasteiger partial charge on any atom is -0.351 e. The van der Waals surface area contributed by atoms with Crippen molar-refractivity contribution in [2.75, 3.05) is 5.32 Å². The van der Waals surface area contributed by atoms with Crippen LogP contribution in [0.5, 0.6) is 0 Å². The number of aromatic nitrogens is 2. The van der Waals surface area contributed by atoms with E-state index < -0.39 is 0 Å². The molecule has 3 rings (SSSR count). The van der Waals surface area contributed by atoms with Gasteiger partial charge in [0.2, 0.25) is 5.95 Å². The van der Waals surface area contributed by atoms with Gasteiger partial charge in [0.05, 0.1) is 0 Å². The van der Waals surface area contributed by atoms with Crippen LogP contribution in [0, 0.1) is 5.41 Å². The second-order valence-electron chi connectivity index (χ2n) is 4.68. The fourth-order valence-corrected chi connectivity index (χ4v) is 2.73. The van der Waals surface area contributed by atoms with E-state index >= 15 is 0 Å². The lowest BCUT2D eigenvalue weighted by molar-refractivity contribution is 0.0190. The van der Waals surface area contributed by atoms with Crippen molar-refractivity contribution in [3.05, 3.63) is 18.5 Å². The Bertz CT molecular complexity index is 311. The second-order valence-corrected chi connectivity index (χ2v) is 4.68. The highest BCUT2D eigenvalue weighted by Gasteiger charge is 2.48. The maximum Gasteiger partial charge on any atom is 0.222 e. The fraction of sp³-hybridized carbons (Fsp3) is 0.636. The Kier molecular flexibility index (Phi) is 1.72. The van der Waals surface area contributed by atoms with Crippen LogP contribution in [0.1, 0.15) is 32.1 Å². The van der Waals surface area contributed by atoms with Gasteiger partial charge in [0.15, 0.2) is 0 Å². The zero-order chi connectivity index (χ0) is 9.43. The SMILES string of the molecule is c1cnc(NC2CC3(CCC3)C2)nc1. The zero-order valence-corrected chi connectivity index (χ0v) is 8.24. The summed E-state index contributed by atoms with van der Waals surface area (Å²) in [5.74, 6) is 0.784. The number of anilines is 1. The monoisotopic (exact) mass is 189 g/mol. The van der Waals surface area contributed by atoms with E-state index in [1.54, 1.807) is 12.4 Å². The largest absolute Gasteiger partial charge is 0.351 e. The van der Waals surface area contributed by atoms with Gasteiger partial charge in [0.1, 0.15) is 0 Å². The third kappa shape index (κ3) is 1.27. The highest BCUT2D eigenvalue weighted by Crippen LogP contribution is 2.56. The number of nitrogens with zero attached hydrogens (tertiary/aromatic N) is 2. The highest BCUT2D eigenvalue weighted by atomic mass is 15.1. The third-order valence-electron chi connectivity index (χ3n) is 3.67. The lowest BCUT2D eigenvalue weighted by Gasteiger charge is -2.54. The van der Waals surface area contributed by atoms with Crippen LogP contribution in [0.25, 0.3) is 0 Å². The molecular weight excluding hydrogens is 174 g/mol. The first kappa shape index (κ1) is 8.21. The molecule has 1 N–H and O–H groups in total. The number of rotatable bonds is 2. The molecule has 74 valence electrons. The topological polar surface area (TPSA) is 37.8 Å². The zero-order valence-electron chi connectivity index (χ0n) is 8.24. The molecule has 1 heterocycles. The Morgan fingerprint density at radius 2 is 1.93 bits per heavy atom. The molecule has 0 radical (unpaired) electrons. The van der Waals surface area contributed by atoms with Crippen LogP contribution in [0.3, 0.4) is 0 Å². The Labute approximate surface area is 84.0 Å². The Balaban J connectivity index is 1.56. The molecule has 0 unspecified atom stereocenters. The molecule has 3 heteroatoms. The summed E-state index contributed by atoms with van der Waals surface area (Å²) < 4.78 is 0. The van der Waals surface area contributed by atoms with Gasteiger partial charge in [-0.2, -0.15) is 0 Å². The van der Waals surface area contributed by atoms with Crippen LogP contribution >= 0.6 is 0 Å². The summed E-state index contributed by atoms with van der Waals surface area (Å²) in [7, 11) is 0. The molecule has 0 aromatic carbocycles. The van der Waals surface area contributed by atoms with Crippen molar-refractivity contribution in [1.82, 2.24) is 9.97 Å². The number of hydrogen-bond acceptors (Lipinski definition) is 3. The van der Waals surface area contributed by atoms with Crippen molar-refractivity contribution < 1.29 is 0 Å². The first-order valence-corrected chi connectivity index (χ1v) is 5.40. The van der Waals surface area contributed by atoms with Crippen molar-refractivity contribution in [3.8, 4) is 0 Å². The lowest BCUT2D eigenvalue weighted by atomic mass is 9.54. The molecule has 1 aromatic heterocycles. The van der Waals surface area contributed by atoms with Crippen molar-refractivity contribution in [2.45, 2.75) is 38.1 Å².